The summed E-state index contributed by atoms with van der Waals surface area (Å²) >= 11 is 12.0. The van der Waals surface area contributed by atoms with E-state index in [2.05, 4.69) is 85.8 Å². The minimum atomic E-state index is -0.0844. The Balaban J connectivity index is 1.79. The van der Waals surface area contributed by atoms with E-state index in [0.29, 0.717) is 57.7 Å². The Kier molecular flexibility index (Phi) is 39.8. The quantitative estimate of drug-likeness (QED) is 0.0398. The molecule has 0 aromatic rings. The second-order valence-corrected chi connectivity index (χ2v) is 29.2. The average Bonchev–Trinajstić information content (AvgIpc) is 3.35. The zero-order valence-corrected chi connectivity index (χ0v) is 50.9. The van der Waals surface area contributed by atoms with Gasteiger partial charge in [-0.2, -0.15) is 58.8 Å². The van der Waals surface area contributed by atoms with Crippen molar-refractivity contribution in [2.24, 2.45) is 41.4 Å². The predicted molar refractivity (Wildman–Crippen MR) is 316 cm³/mol. The third-order valence-corrected chi connectivity index (χ3v) is 24.3. The summed E-state index contributed by atoms with van der Waals surface area (Å²) in [5, 5.41) is 31.6. The van der Waals surface area contributed by atoms with E-state index in [-0.39, 0.29) is 43.6 Å². The molecule has 412 valence electrons. The van der Waals surface area contributed by atoms with E-state index in [1.54, 1.807) is 5.57 Å². The number of hydrogen-bond donors (Lipinski definition) is 3. The molecule has 70 heavy (non-hydrogen) atoms. The van der Waals surface area contributed by atoms with Crippen molar-refractivity contribution >= 4 is 82.5 Å². The van der Waals surface area contributed by atoms with Gasteiger partial charge in [-0.15, -0.1) is 11.8 Å². The van der Waals surface area contributed by atoms with Crippen LogP contribution in [0.4, 0.5) is 0 Å². The van der Waals surface area contributed by atoms with Crippen molar-refractivity contribution in [3.63, 3.8) is 0 Å². The SMILES string of the molecule is CCCSC1=C(CCC(SCCC)C(C)CCC(SCCC)C(C)C)CCC(C(=O)OCCCCCCOC(=O)C2CCC(CCC(SCCO)C(C)CCC(SCCO)C(C)C)C(SCCO)C2)C1. The lowest BCUT2D eigenvalue weighted by atomic mass is 9.78. The molecule has 0 heterocycles. The highest BCUT2D eigenvalue weighted by atomic mass is 32.2. The van der Waals surface area contributed by atoms with E-state index in [4.69, 9.17) is 9.47 Å². The Morgan fingerprint density at radius 1 is 0.571 bits per heavy atom. The first-order valence-electron chi connectivity index (χ1n) is 28.4. The summed E-state index contributed by atoms with van der Waals surface area (Å²) in [6.07, 6.45) is 22.2. The lowest BCUT2D eigenvalue weighted by molar-refractivity contribution is -0.150. The van der Waals surface area contributed by atoms with Gasteiger partial charge in [0.05, 0.1) is 44.9 Å². The molecule has 0 radical (unpaired) electrons. The largest absolute Gasteiger partial charge is 0.465 e. The minimum Gasteiger partial charge on any atom is -0.465 e. The fraction of sp³-hybridized carbons (Fsp3) is 0.930. The Labute approximate surface area is 456 Å². The number of carbonyl (C=O) groups is 2. The van der Waals surface area contributed by atoms with Crippen molar-refractivity contribution in [3.8, 4) is 0 Å². The molecule has 0 amide bonds. The van der Waals surface area contributed by atoms with Gasteiger partial charge in [0.15, 0.2) is 0 Å². The molecule has 1 fully saturated rings. The fourth-order valence-corrected chi connectivity index (χ4v) is 17.5. The van der Waals surface area contributed by atoms with Crippen molar-refractivity contribution in [1.82, 2.24) is 0 Å². The van der Waals surface area contributed by atoms with E-state index in [9.17, 15) is 24.9 Å². The topological polar surface area (TPSA) is 113 Å². The number of carbonyl (C=O) groups excluding carboxylic acids is 2. The van der Waals surface area contributed by atoms with Crippen molar-refractivity contribution in [3.05, 3.63) is 10.5 Å². The van der Waals surface area contributed by atoms with Crippen LogP contribution in [0, 0.1) is 41.4 Å². The summed E-state index contributed by atoms with van der Waals surface area (Å²) in [5.41, 5.74) is 1.61. The normalized spacial score (nSPS) is 21.5. The summed E-state index contributed by atoms with van der Waals surface area (Å²) in [6.45, 7) is 22.6. The maximum atomic E-state index is 13.4. The molecule has 3 N–H and O–H groups in total. The summed E-state index contributed by atoms with van der Waals surface area (Å²) < 4.78 is 11.8. The Morgan fingerprint density at radius 2 is 1.09 bits per heavy atom. The van der Waals surface area contributed by atoms with E-state index in [0.717, 1.165) is 131 Å². The van der Waals surface area contributed by atoms with Gasteiger partial charge < -0.3 is 24.8 Å². The van der Waals surface area contributed by atoms with Gasteiger partial charge in [0.25, 0.3) is 0 Å². The molecule has 0 saturated heterocycles. The minimum absolute atomic E-state index is 0.0198. The zero-order chi connectivity index (χ0) is 51.5. The lowest BCUT2D eigenvalue weighted by Gasteiger charge is -2.36. The molecule has 7 nitrogen and oxygen atoms in total. The number of unbranched alkanes of at least 4 members (excludes halogenated alkanes) is 3. The molecule has 0 aliphatic heterocycles. The van der Waals surface area contributed by atoms with Crippen LogP contribution in [0.3, 0.4) is 0 Å². The molecular formula is C57H106O7S6. The van der Waals surface area contributed by atoms with Crippen LogP contribution in [0.5, 0.6) is 0 Å². The molecule has 1 saturated carbocycles. The number of esters is 2. The monoisotopic (exact) mass is 1090 g/mol. The third kappa shape index (κ3) is 28.2. The number of aliphatic hydroxyl groups excluding tert-OH is 3. The zero-order valence-electron chi connectivity index (χ0n) is 46.0. The molecule has 0 aromatic carbocycles. The van der Waals surface area contributed by atoms with Gasteiger partial charge >= 0.3 is 11.9 Å². The van der Waals surface area contributed by atoms with Gasteiger partial charge in [-0.3, -0.25) is 9.59 Å². The van der Waals surface area contributed by atoms with Crippen LogP contribution in [0.15, 0.2) is 10.5 Å². The highest BCUT2D eigenvalue weighted by Crippen LogP contribution is 2.43. The van der Waals surface area contributed by atoms with Crippen molar-refractivity contribution in [2.75, 3.05) is 67.6 Å². The first-order valence-corrected chi connectivity index (χ1v) is 34.6. The molecular weight excluding hydrogens is 989 g/mol. The third-order valence-electron chi connectivity index (χ3n) is 14.7. The predicted octanol–water partition coefficient (Wildman–Crippen LogP) is 15.3. The van der Waals surface area contributed by atoms with Crippen LogP contribution in [0.2, 0.25) is 0 Å². The molecule has 2 aliphatic carbocycles. The number of ether oxygens (including phenoxy) is 2. The molecule has 0 spiro atoms. The van der Waals surface area contributed by atoms with Gasteiger partial charge in [0, 0.05) is 43.5 Å². The molecule has 0 aromatic heterocycles. The van der Waals surface area contributed by atoms with E-state index in [1.165, 1.54) is 54.9 Å². The summed E-state index contributed by atoms with van der Waals surface area (Å²) in [5.74, 6) is 8.73. The van der Waals surface area contributed by atoms with Crippen molar-refractivity contribution < 1.29 is 34.4 Å². The van der Waals surface area contributed by atoms with Crippen LogP contribution in [0.1, 0.15) is 197 Å². The van der Waals surface area contributed by atoms with E-state index >= 15 is 0 Å². The molecule has 10 atom stereocenters. The molecule has 2 rings (SSSR count). The maximum Gasteiger partial charge on any atom is 0.309 e. The highest BCUT2D eigenvalue weighted by molar-refractivity contribution is 8.03. The van der Waals surface area contributed by atoms with Crippen LogP contribution < -0.4 is 0 Å². The smallest absolute Gasteiger partial charge is 0.309 e. The number of thioether (sulfide) groups is 6. The number of rotatable bonds is 43. The van der Waals surface area contributed by atoms with Crippen LogP contribution in [-0.2, 0) is 19.1 Å². The van der Waals surface area contributed by atoms with Crippen LogP contribution in [0.25, 0.3) is 0 Å². The van der Waals surface area contributed by atoms with Crippen LogP contribution >= 0.6 is 70.6 Å². The first-order chi connectivity index (χ1) is 33.8. The lowest BCUT2D eigenvalue weighted by Crippen LogP contribution is -2.33. The number of hydrogen-bond acceptors (Lipinski definition) is 13. The number of allylic oxidation sites excluding steroid dienone is 2. The molecule has 2 aliphatic rings. The van der Waals surface area contributed by atoms with Gasteiger partial charge in [0.1, 0.15) is 0 Å². The summed E-state index contributed by atoms with van der Waals surface area (Å²) in [4.78, 5) is 28.2. The van der Waals surface area contributed by atoms with Crippen molar-refractivity contribution in [1.29, 1.82) is 0 Å². The van der Waals surface area contributed by atoms with Crippen molar-refractivity contribution in [2.45, 2.75) is 223 Å². The molecule has 0 bridgehead atoms. The highest BCUT2D eigenvalue weighted by Gasteiger charge is 2.36. The van der Waals surface area contributed by atoms with Gasteiger partial charge in [0.2, 0.25) is 0 Å². The summed E-state index contributed by atoms with van der Waals surface area (Å²) in [7, 11) is 0. The molecule has 10 unspecified atom stereocenters. The van der Waals surface area contributed by atoms with Gasteiger partial charge in [-0.05, 0) is 187 Å². The van der Waals surface area contributed by atoms with Gasteiger partial charge in [-0.25, -0.2) is 0 Å². The van der Waals surface area contributed by atoms with Crippen LogP contribution in [-0.4, -0.2) is 121 Å². The first kappa shape index (κ1) is 66.8. The van der Waals surface area contributed by atoms with E-state index < -0.39 is 0 Å². The summed E-state index contributed by atoms with van der Waals surface area (Å²) in [6, 6.07) is 0. The number of aliphatic hydroxyl groups is 3. The fourth-order valence-electron chi connectivity index (χ4n) is 10.2. The Bertz CT molecular complexity index is 1350. The second-order valence-electron chi connectivity index (χ2n) is 21.3. The molecule has 13 heteroatoms. The Hall–Kier alpha value is 0.660. The Morgan fingerprint density at radius 3 is 1.63 bits per heavy atom. The van der Waals surface area contributed by atoms with E-state index in [1.807, 2.05) is 47.0 Å². The van der Waals surface area contributed by atoms with Gasteiger partial charge in [-0.1, -0.05) is 67.9 Å². The maximum absolute atomic E-state index is 13.4. The average molecular weight is 1100 g/mol. The standard InChI is InChI=1S/C57H106O7S6/c1-10-34-65-50(42(4)5)25-17-44(8)52(66-35-11-2)27-23-46-19-21-48(40-54(46)67-36-12-3)56(61)63-32-15-13-14-16-33-64-57(62)49-22-20-47(55(41-49)70-39-31-60)24-28-53(69-38-30-59)45(9)18-26-51(43(6)7)68-37-29-58/h42-45,47-53,55,58-60H,10-41H2,1-9H3. The second kappa shape index (κ2) is 41.8.